The topological polar surface area (TPSA) is 83.7 Å². The summed E-state index contributed by atoms with van der Waals surface area (Å²) < 4.78 is 4.26. The Hall–Kier alpha value is -7.71. The Balaban J connectivity index is 1.20. The second kappa shape index (κ2) is 11.5. The average molecular weight is 759 g/mol. The fraction of sp³-hybridized carbons (Fsp3) is 0.0784. The summed E-state index contributed by atoms with van der Waals surface area (Å²) in [5, 5.41) is 17.0. The van der Waals surface area contributed by atoms with Crippen LogP contribution in [0.15, 0.2) is 171 Å². The van der Waals surface area contributed by atoms with E-state index < -0.39 is 5.66 Å². The summed E-state index contributed by atoms with van der Waals surface area (Å²) >= 11 is 0. The van der Waals surface area contributed by atoms with Crippen molar-refractivity contribution in [2.75, 3.05) is 5.32 Å². The third-order valence-electron chi connectivity index (χ3n) is 12.6. The van der Waals surface area contributed by atoms with Crippen molar-refractivity contribution in [1.82, 2.24) is 9.13 Å². The molecule has 0 aliphatic carbocycles. The summed E-state index contributed by atoms with van der Waals surface area (Å²) in [4.78, 5) is 27.5. The molecule has 0 saturated carbocycles. The van der Waals surface area contributed by atoms with Gasteiger partial charge in [-0.1, -0.05) is 97.1 Å². The Morgan fingerprint density at radius 2 is 0.898 bits per heavy atom. The maximum atomic E-state index is 5.69. The molecule has 8 nitrogen and oxygen atoms in total. The minimum Gasteiger partial charge on any atom is -0.325 e. The third-order valence-corrected chi connectivity index (χ3v) is 12.6. The van der Waals surface area contributed by atoms with E-state index in [9.17, 15) is 0 Å². The van der Waals surface area contributed by atoms with Gasteiger partial charge in [0.05, 0.1) is 0 Å². The minimum atomic E-state index is -0.973. The largest absolute Gasteiger partial charge is 0.325 e. The summed E-state index contributed by atoms with van der Waals surface area (Å²) in [6.07, 6.45) is 0. The van der Waals surface area contributed by atoms with Crippen LogP contribution >= 0.6 is 0 Å². The normalized spacial score (nSPS) is 16.8. The fourth-order valence-electron chi connectivity index (χ4n) is 9.58. The Kier molecular flexibility index (Phi) is 6.29. The number of rotatable bonds is 0. The lowest BCUT2D eigenvalue weighted by molar-refractivity contribution is 0.515. The Morgan fingerprint density at radius 3 is 1.47 bits per heavy atom. The van der Waals surface area contributed by atoms with Crippen molar-refractivity contribution >= 4 is 93.8 Å². The number of hydrogen-bond acceptors (Lipinski definition) is 6. The van der Waals surface area contributed by atoms with Gasteiger partial charge >= 0.3 is 0 Å². The zero-order valence-corrected chi connectivity index (χ0v) is 32.5. The van der Waals surface area contributed by atoms with Crippen LogP contribution in [0.2, 0.25) is 0 Å². The minimum absolute atomic E-state index is 0.616. The van der Waals surface area contributed by atoms with Crippen molar-refractivity contribution in [3.8, 4) is 0 Å². The zero-order valence-electron chi connectivity index (χ0n) is 32.5. The molecule has 0 fully saturated rings. The lowest BCUT2D eigenvalue weighted by atomic mass is 9.95. The highest BCUT2D eigenvalue weighted by Gasteiger charge is 2.37. The van der Waals surface area contributed by atoms with Crippen LogP contribution in [0.3, 0.4) is 0 Å². The van der Waals surface area contributed by atoms with Crippen LogP contribution < -0.4 is 16.3 Å². The number of fused-ring (bicyclic) bond motifs is 22. The lowest BCUT2D eigenvalue weighted by Crippen LogP contribution is -2.28. The van der Waals surface area contributed by atoms with Crippen molar-refractivity contribution in [3.63, 3.8) is 0 Å². The fourth-order valence-corrected chi connectivity index (χ4v) is 9.58. The third kappa shape index (κ3) is 4.56. The molecule has 2 aromatic heterocycles. The molecule has 278 valence electrons. The number of anilines is 1. The van der Waals surface area contributed by atoms with Gasteiger partial charge in [0.25, 0.3) is 0 Å². The highest BCUT2D eigenvalue weighted by atomic mass is 15.2. The van der Waals surface area contributed by atoms with E-state index in [2.05, 4.69) is 181 Å². The first-order valence-corrected chi connectivity index (χ1v) is 20.0. The van der Waals surface area contributed by atoms with Gasteiger partial charge in [-0.2, -0.15) is 0 Å². The first kappa shape index (κ1) is 32.4. The molecule has 0 amide bonds. The van der Waals surface area contributed by atoms with E-state index in [1.807, 2.05) is 0 Å². The van der Waals surface area contributed by atoms with Crippen molar-refractivity contribution in [2.24, 2.45) is 39.1 Å². The van der Waals surface area contributed by atoms with Gasteiger partial charge < -0.3 is 14.5 Å². The van der Waals surface area contributed by atoms with E-state index in [1.165, 1.54) is 0 Å². The molecule has 0 spiro atoms. The molecule has 1 unspecified atom stereocenters. The van der Waals surface area contributed by atoms with Crippen molar-refractivity contribution in [2.45, 2.75) is 12.6 Å². The van der Waals surface area contributed by atoms with Crippen molar-refractivity contribution < 1.29 is 0 Å². The monoisotopic (exact) mass is 758 g/mol. The summed E-state index contributed by atoms with van der Waals surface area (Å²) in [5.74, 6) is 3.68. The van der Waals surface area contributed by atoms with Crippen LogP contribution in [0.4, 0.5) is 11.6 Å². The van der Waals surface area contributed by atoms with E-state index in [1.54, 1.807) is 0 Å². The van der Waals surface area contributed by atoms with Gasteiger partial charge in [0.15, 0.2) is 17.3 Å². The van der Waals surface area contributed by atoms with E-state index in [-0.39, 0.29) is 0 Å². The SMILES string of the molecule is Cn1c2c3cc4ccccc4cc3c1NC1=NC(C)(N=c3c4cc5ccccc5cc4c(n3C)=NC3=NC(=N2)c2cc4ccccc4cc23)c2cc3ccccc3cc21. The van der Waals surface area contributed by atoms with Gasteiger partial charge in [0.2, 0.25) is 0 Å². The summed E-state index contributed by atoms with van der Waals surface area (Å²) in [5.41, 5.74) is 4.54. The molecule has 1 N–H and O–H groups in total. The standard InChI is InChI=1S/C51H34N8/c1-51-43-27-35-19-11-10-18-34(35)26-42(43)46(56-51)55-49-39-23-31-15-7-6-14-30(31)22-38(39)47(58(49)2)53-44-36-20-28-12-4-5-13-29(28)21-37(36)45(52-44)54-48-40-24-32-16-8-9-17-33(32)25-41(40)50(57-51)59(48)3/h4-27H,1-3H3,(H,55,56). The van der Waals surface area contributed by atoms with Crippen LogP contribution in [-0.4, -0.2) is 26.6 Å². The van der Waals surface area contributed by atoms with E-state index >= 15 is 0 Å². The molecule has 8 bridgehead atoms. The molecule has 0 saturated heterocycles. The van der Waals surface area contributed by atoms with Gasteiger partial charge in [-0.15, -0.1) is 0 Å². The van der Waals surface area contributed by atoms with Gasteiger partial charge in [-0.3, -0.25) is 0 Å². The molecule has 8 aromatic carbocycles. The number of benzene rings is 8. The summed E-state index contributed by atoms with van der Waals surface area (Å²) in [6.45, 7) is 2.12. The van der Waals surface area contributed by atoms with E-state index in [0.717, 1.165) is 115 Å². The van der Waals surface area contributed by atoms with Crippen LogP contribution in [0.25, 0.3) is 64.6 Å². The predicted molar refractivity (Wildman–Crippen MR) is 241 cm³/mol. The van der Waals surface area contributed by atoms with Crippen LogP contribution in [0.1, 0.15) is 29.2 Å². The van der Waals surface area contributed by atoms with Crippen molar-refractivity contribution in [3.05, 3.63) is 179 Å². The van der Waals surface area contributed by atoms with Crippen molar-refractivity contribution in [1.29, 1.82) is 0 Å². The molecule has 3 aliphatic heterocycles. The van der Waals surface area contributed by atoms with Crippen LogP contribution in [-0.2, 0) is 19.8 Å². The molecule has 1 atom stereocenters. The van der Waals surface area contributed by atoms with Gasteiger partial charge in [-0.25, -0.2) is 25.0 Å². The number of nitrogens with one attached hydrogen (secondary N) is 1. The second-order valence-electron chi connectivity index (χ2n) is 16.1. The molecule has 8 heteroatoms. The molecular formula is C51H34N8. The molecule has 3 aliphatic rings. The Labute approximate surface area is 337 Å². The number of hydrogen-bond donors (Lipinski definition) is 1. The van der Waals surface area contributed by atoms with Gasteiger partial charge in [0, 0.05) is 57.9 Å². The Morgan fingerprint density at radius 1 is 0.441 bits per heavy atom. The average Bonchev–Trinajstić information content (AvgIpc) is 3.90. The summed E-state index contributed by atoms with van der Waals surface area (Å²) in [6, 6.07) is 51.8. The first-order chi connectivity index (χ1) is 28.9. The number of nitrogens with zero attached hydrogens (tertiary/aromatic N) is 7. The Bertz CT molecular complexity index is 3800. The quantitative estimate of drug-likeness (QED) is 0.164. The molecule has 0 radical (unpaired) electrons. The maximum absolute atomic E-state index is 5.69. The smallest absolute Gasteiger partial charge is 0.178 e. The molecule has 59 heavy (non-hydrogen) atoms. The maximum Gasteiger partial charge on any atom is 0.178 e. The van der Waals surface area contributed by atoms with Crippen LogP contribution in [0, 0.1) is 0 Å². The number of aliphatic imine (C=N–C) groups is 3. The molecule has 13 rings (SSSR count). The number of amidine groups is 3. The molecule has 5 heterocycles. The highest BCUT2D eigenvalue weighted by molar-refractivity contribution is 6.26. The van der Waals surface area contributed by atoms with Gasteiger partial charge in [0.1, 0.15) is 28.4 Å². The van der Waals surface area contributed by atoms with Gasteiger partial charge in [-0.05, 0) is 98.5 Å². The first-order valence-electron chi connectivity index (χ1n) is 20.0. The highest BCUT2D eigenvalue weighted by Crippen LogP contribution is 2.43. The summed E-state index contributed by atoms with van der Waals surface area (Å²) in [7, 11) is 4.13. The number of aromatic nitrogens is 2. The van der Waals surface area contributed by atoms with E-state index in [0.29, 0.717) is 11.7 Å². The van der Waals surface area contributed by atoms with Crippen LogP contribution in [0.5, 0.6) is 0 Å². The van der Waals surface area contributed by atoms with E-state index in [4.69, 9.17) is 25.0 Å². The second-order valence-corrected chi connectivity index (χ2v) is 16.1. The molecule has 10 aromatic rings. The molecular weight excluding hydrogens is 725 g/mol. The predicted octanol–water partition coefficient (Wildman–Crippen LogP) is 10.1. The lowest BCUT2D eigenvalue weighted by Gasteiger charge is -2.18. The zero-order chi connectivity index (χ0) is 39.1.